The zero-order valence-electron chi connectivity index (χ0n) is 13.5. The van der Waals surface area contributed by atoms with E-state index in [2.05, 4.69) is 10.3 Å². The number of thiazole rings is 1. The highest BCUT2D eigenvalue weighted by Crippen LogP contribution is 2.38. The molecule has 1 saturated carbocycles. The van der Waals surface area contributed by atoms with Crippen molar-refractivity contribution >= 4 is 28.3 Å². The number of carboxylic acid groups (broad SMARTS) is 1. The second-order valence-corrected chi connectivity index (χ2v) is 7.56. The molecule has 2 fully saturated rings. The minimum atomic E-state index is -0.839. The van der Waals surface area contributed by atoms with Gasteiger partial charge in [0.05, 0.1) is 6.54 Å². The van der Waals surface area contributed by atoms with Gasteiger partial charge in [0.15, 0.2) is 5.13 Å². The van der Waals surface area contributed by atoms with Crippen LogP contribution >= 0.6 is 11.3 Å². The van der Waals surface area contributed by atoms with Crippen molar-refractivity contribution in [3.63, 3.8) is 0 Å². The smallest absolute Gasteiger partial charge is 0.320 e. The molecule has 1 aliphatic heterocycles. The van der Waals surface area contributed by atoms with E-state index in [1.165, 1.54) is 11.3 Å². The number of nitrogens with one attached hydrogen (secondary N) is 1. The number of nitrogen functional groups attached to an aromatic ring is 1. The normalized spacial score (nSPS) is 23.9. The number of nitrogens with two attached hydrogens (primary N) is 1. The Balaban J connectivity index is 1.77. The first-order valence-electron chi connectivity index (χ1n) is 8.35. The van der Waals surface area contributed by atoms with E-state index in [9.17, 15) is 14.7 Å². The van der Waals surface area contributed by atoms with E-state index < -0.39 is 17.6 Å². The third kappa shape index (κ3) is 3.25. The van der Waals surface area contributed by atoms with Crippen molar-refractivity contribution in [3.8, 4) is 0 Å². The molecule has 1 aromatic rings. The van der Waals surface area contributed by atoms with Crippen LogP contribution in [0.5, 0.6) is 0 Å². The van der Waals surface area contributed by atoms with Crippen LogP contribution in [-0.4, -0.2) is 45.0 Å². The Morgan fingerprint density at radius 1 is 1.46 bits per heavy atom. The van der Waals surface area contributed by atoms with Gasteiger partial charge in [-0.25, -0.2) is 4.98 Å². The number of aliphatic carboxylic acids is 1. The van der Waals surface area contributed by atoms with Crippen LogP contribution in [0.2, 0.25) is 0 Å². The number of carbonyl (C=O) groups is 2. The molecule has 4 N–H and O–H groups in total. The molecule has 8 heteroatoms. The summed E-state index contributed by atoms with van der Waals surface area (Å²) in [6.45, 7) is 1.02. The summed E-state index contributed by atoms with van der Waals surface area (Å²) in [6.07, 6.45) is 8.58. The number of hydrogen-bond acceptors (Lipinski definition) is 6. The average Bonchev–Trinajstić information content (AvgIpc) is 3.22. The van der Waals surface area contributed by atoms with Gasteiger partial charge in [-0.15, -0.1) is 11.3 Å². The summed E-state index contributed by atoms with van der Waals surface area (Å²) < 4.78 is 0. The lowest BCUT2D eigenvalue weighted by atomic mass is 9.79. The number of aromatic nitrogens is 1. The largest absolute Gasteiger partial charge is 0.480 e. The van der Waals surface area contributed by atoms with Crippen molar-refractivity contribution in [2.45, 2.75) is 56.7 Å². The molecule has 2 heterocycles. The van der Waals surface area contributed by atoms with Crippen LogP contribution in [0, 0.1) is 6.42 Å². The van der Waals surface area contributed by atoms with Gasteiger partial charge in [0.25, 0.3) is 0 Å². The van der Waals surface area contributed by atoms with E-state index in [0.717, 1.165) is 30.6 Å². The fourth-order valence-corrected chi connectivity index (χ4v) is 4.43. The molecule has 0 aromatic carbocycles. The molecule has 0 bridgehead atoms. The highest BCUT2D eigenvalue weighted by molar-refractivity contribution is 7.15. The van der Waals surface area contributed by atoms with E-state index in [4.69, 9.17) is 5.73 Å². The maximum Gasteiger partial charge on any atom is 0.320 e. The number of nitrogens with zero attached hydrogens (tertiary/aromatic N) is 2. The molecule has 1 saturated heterocycles. The van der Waals surface area contributed by atoms with Crippen molar-refractivity contribution in [2.75, 3.05) is 12.3 Å². The molecule has 2 aliphatic rings. The number of carbonyl (C=O) groups excluding carboxylic acids is 1. The zero-order chi connectivity index (χ0) is 17.2. The van der Waals surface area contributed by atoms with Crippen molar-refractivity contribution in [1.29, 1.82) is 0 Å². The first-order chi connectivity index (χ1) is 11.5. The van der Waals surface area contributed by atoms with Gasteiger partial charge in [-0.05, 0) is 32.1 Å². The molecule has 1 amide bonds. The van der Waals surface area contributed by atoms with Crippen LogP contribution in [0.1, 0.15) is 43.4 Å². The molecule has 1 aromatic heterocycles. The number of anilines is 1. The van der Waals surface area contributed by atoms with Crippen LogP contribution in [-0.2, 0) is 16.1 Å². The molecule has 24 heavy (non-hydrogen) atoms. The second-order valence-electron chi connectivity index (χ2n) is 6.41. The van der Waals surface area contributed by atoms with Gasteiger partial charge in [-0.1, -0.05) is 12.8 Å². The van der Waals surface area contributed by atoms with Gasteiger partial charge in [0.2, 0.25) is 5.91 Å². The summed E-state index contributed by atoms with van der Waals surface area (Å²) in [6, 6.07) is -0.579. The summed E-state index contributed by atoms with van der Waals surface area (Å²) in [5, 5.41) is 13.0. The number of hydrogen-bond donors (Lipinski definition) is 3. The molecule has 1 aliphatic carbocycles. The Bertz CT molecular complexity index is 612. The van der Waals surface area contributed by atoms with Crippen molar-refractivity contribution in [3.05, 3.63) is 17.5 Å². The van der Waals surface area contributed by atoms with Crippen LogP contribution in [0.4, 0.5) is 5.13 Å². The van der Waals surface area contributed by atoms with Gasteiger partial charge in [0, 0.05) is 17.6 Å². The van der Waals surface area contributed by atoms with E-state index in [0.29, 0.717) is 31.1 Å². The third-order valence-corrected chi connectivity index (χ3v) is 5.76. The Labute approximate surface area is 145 Å². The Kier molecular flexibility index (Phi) is 5.05. The lowest BCUT2D eigenvalue weighted by Crippen LogP contribution is -2.62. The minimum Gasteiger partial charge on any atom is -0.480 e. The molecular weight excluding hydrogens is 328 g/mol. The lowest BCUT2D eigenvalue weighted by Gasteiger charge is -2.44. The first kappa shape index (κ1) is 17.2. The summed E-state index contributed by atoms with van der Waals surface area (Å²) in [7, 11) is 0. The van der Waals surface area contributed by atoms with E-state index in [1.54, 1.807) is 6.20 Å². The highest BCUT2D eigenvalue weighted by Gasteiger charge is 2.50. The molecule has 2 atom stereocenters. The maximum absolute atomic E-state index is 13.0. The number of carboxylic acids is 1. The topological polar surface area (TPSA) is 109 Å². The molecule has 7 nitrogen and oxygen atoms in total. The third-order valence-electron chi connectivity index (χ3n) is 4.93. The number of likely N-dealkylation sites (tertiary alicyclic amines) is 1. The van der Waals surface area contributed by atoms with Crippen LogP contribution in [0.15, 0.2) is 6.20 Å². The Morgan fingerprint density at radius 2 is 2.29 bits per heavy atom. The molecule has 3 rings (SSSR count). The van der Waals surface area contributed by atoms with E-state index in [1.807, 2.05) is 11.3 Å². The highest BCUT2D eigenvalue weighted by atomic mass is 32.1. The van der Waals surface area contributed by atoms with Gasteiger partial charge >= 0.3 is 5.97 Å². The Morgan fingerprint density at radius 3 is 2.92 bits per heavy atom. The minimum absolute atomic E-state index is 0.109. The fourth-order valence-electron chi connectivity index (χ4n) is 3.81. The molecular formula is C16H23N4O3S. The Hall–Kier alpha value is -1.67. The molecule has 131 valence electrons. The molecule has 0 spiro atoms. The quantitative estimate of drug-likeness (QED) is 0.740. The standard InChI is InChI=1S/C16H23N4O3S/c17-15-19-10-11(24-15)9-18-14(23)16(6-2-1-3-7-16)20-8-4-5-12(20)13(21)22/h6,10,12H,1-5,7-9H2,(H2,17,19)(H,18,23)(H,21,22)/t12-,16?/m1/s1. The summed E-state index contributed by atoms with van der Waals surface area (Å²) in [5.74, 6) is -0.948. The summed E-state index contributed by atoms with van der Waals surface area (Å²) in [5.41, 5.74) is 4.81. The average molecular weight is 351 g/mol. The lowest BCUT2D eigenvalue weighted by molar-refractivity contribution is -0.147. The van der Waals surface area contributed by atoms with Gasteiger partial charge < -0.3 is 16.2 Å². The van der Waals surface area contributed by atoms with E-state index in [-0.39, 0.29) is 5.91 Å². The summed E-state index contributed by atoms with van der Waals surface area (Å²) in [4.78, 5) is 31.4. The molecule has 1 radical (unpaired) electrons. The zero-order valence-corrected chi connectivity index (χ0v) is 14.3. The monoisotopic (exact) mass is 351 g/mol. The predicted octanol–water partition coefficient (Wildman–Crippen LogP) is 1.41. The van der Waals surface area contributed by atoms with Crippen molar-refractivity contribution < 1.29 is 14.7 Å². The van der Waals surface area contributed by atoms with Crippen LogP contribution < -0.4 is 11.1 Å². The number of amides is 1. The van der Waals surface area contributed by atoms with E-state index >= 15 is 0 Å². The van der Waals surface area contributed by atoms with Gasteiger partial charge in [-0.2, -0.15) is 0 Å². The van der Waals surface area contributed by atoms with Gasteiger partial charge in [0.1, 0.15) is 11.6 Å². The maximum atomic E-state index is 13.0. The van der Waals surface area contributed by atoms with Crippen LogP contribution in [0.3, 0.4) is 0 Å². The molecule has 1 unspecified atom stereocenters. The number of rotatable bonds is 5. The summed E-state index contributed by atoms with van der Waals surface area (Å²) >= 11 is 1.35. The predicted molar refractivity (Wildman–Crippen MR) is 91.2 cm³/mol. The van der Waals surface area contributed by atoms with Crippen LogP contribution in [0.25, 0.3) is 0 Å². The first-order valence-corrected chi connectivity index (χ1v) is 9.17. The fraction of sp³-hybridized carbons (Fsp3) is 0.625. The van der Waals surface area contributed by atoms with Gasteiger partial charge in [-0.3, -0.25) is 14.5 Å². The SMILES string of the molecule is Nc1ncc(CNC(=O)C2(N3CCC[C@@H]3C(=O)O)[CH]CCCC2)s1. The van der Waals surface area contributed by atoms with Crippen molar-refractivity contribution in [1.82, 2.24) is 15.2 Å². The van der Waals surface area contributed by atoms with Crippen molar-refractivity contribution in [2.24, 2.45) is 0 Å². The second kappa shape index (κ2) is 7.06.